The molecule has 23 heavy (non-hydrogen) atoms. The van der Waals surface area contributed by atoms with Gasteiger partial charge in [0, 0.05) is 23.9 Å². The average molecular weight is 308 g/mol. The number of hydrogen-bond acceptors (Lipinski definition) is 3. The molecule has 0 atom stereocenters. The summed E-state index contributed by atoms with van der Waals surface area (Å²) in [6.45, 7) is 1.67. The second-order valence-corrected chi connectivity index (χ2v) is 5.21. The Balaban J connectivity index is 1.75. The number of nitrogens with one attached hydrogen (secondary N) is 2. The van der Waals surface area contributed by atoms with E-state index < -0.39 is 0 Å². The van der Waals surface area contributed by atoms with E-state index in [1.165, 1.54) is 6.92 Å². The van der Waals surface area contributed by atoms with Crippen molar-refractivity contribution in [3.63, 3.8) is 0 Å². The molecule has 1 aliphatic rings. The molecule has 0 fully saturated rings. The number of hydrogen-bond donors (Lipinski definition) is 2. The summed E-state index contributed by atoms with van der Waals surface area (Å²) in [4.78, 5) is 23.5. The smallest absolute Gasteiger partial charge is 0.255 e. The normalized spacial score (nSPS) is 12.5. The van der Waals surface area contributed by atoms with Gasteiger partial charge in [-0.3, -0.25) is 9.59 Å². The maximum atomic E-state index is 12.4. The van der Waals surface area contributed by atoms with E-state index in [1.807, 2.05) is 30.3 Å². The maximum absolute atomic E-state index is 12.4. The first-order valence-corrected chi connectivity index (χ1v) is 7.23. The number of ether oxygens (including phenoxy) is 1. The van der Waals surface area contributed by atoms with Crippen molar-refractivity contribution in [2.75, 3.05) is 17.2 Å². The van der Waals surface area contributed by atoms with Crippen LogP contribution in [0.1, 0.15) is 12.5 Å². The van der Waals surface area contributed by atoms with E-state index >= 15 is 0 Å². The fourth-order valence-corrected chi connectivity index (χ4v) is 2.34. The average Bonchev–Trinajstić information content (AvgIpc) is 2.54. The van der Waals surface area contributed by atoms with Gasteiger partial charge < -0.3 is 15.4 Å². The molecule has 3 rings (SSSR count). The van der Waals surface area contributed by atoms with Gasteiger partial charge in [0.05, 0.1) is 5.57 Å². The SMILES string of the molecule is CC(=O)Nc1cccc(NC(=O)C2=Cc3ccccc3OC2)c1. The highest BCUT2D eigenvalue weighted by molar-refractivity contribution is 6.07. The van der Waals surface area contributed by atoms with Gasteiger partial charge in [-0.15, -0.1) is 0 Å². The van der Waals surface area contributed by atoms with E-state index in [2.05, 4.69) is 10.6 Å². The highest BCUT2D eigenvalue weighted by atomic mass is 16.5. The van der Waals surface area contributed by atoms with Crippen LogP contribution in [0.3, 0.4) is 0 Å². The van der Waals surface area contributed by atoms with Crippen molar-refractivity contribution in [3.8, 4) is 5.75 Å². The zero-order valence-corrected chi connectivity index (χ0v) is 12.6. The van der Waals surface area contributed by atoms with Crippen LogP contribution in [0.5, 0.6) is 5.75 Å². The first kappa shape index (κ1) is 14.8. The van der Waals surface area contributed by atoms with Crippen molar-refractivity contribution in [1.82, 2.24) is 0 Å². The number of benzene rings is 2. The summed E-state index contributed by atoms with van der Waals surface area (Å²) < 4.78 is 5.59. The van der Waals surface area contributed by atoms with Crippen LogP contribution < -0.4 is 15.4 Å². The molecular formula is C18H16N2O3. The van der Waals surface area contributed by atoms with Crippen molar-refractivity contribution in [3.05, 3.63) is 59.7 Å². The fraction of sp³-hybridized carbons (Fsp3) is 0.111. The number of fused-ring (bicyclic) bond motifs is 1. The zero-order valence-electron chi connectivity index (χ0n) is 12.6. The van der Waals surface area contributed by atoms with Gasteiger partial charge >= 0.3 is 0 Å². The third-order valence-electron chi connectivity index (χ3n) is 3.36. The fourth-order valence-electron chi connectivity index (χ4n) is 2.34. The second kappa shape index (κ2) is 6.36. The van der Waals surface area contributed by atoms with Gasteiger partial charge in [-0.2, -0.15) is 0 Å². The zero-order chi connectivity index (χ0) is 16.2. The van der Waals surface area contributed by atoms with Gasteiger partial charge in [0.15, 0.2) is 0 Å². The quantitative estimate of drug-likeness (QED) is 0.915. The lowest BCUT2D eigenvalue weighted by molar-refractivity contribution is -0.114. The first-order chi connectivity index (χ1) is 11.1. The Hall–Kier alpha value is -3.08. The van der Waals surface area contributed by atoms with Crippen molar-refractivity contribution in [1.29, 1.82) is 0 Å². The minimum absolute atomic E-state index is 0.159. The molecule has 2 N–H and O–H groups in total. The molecule has 0 aliphatic carbocycles. The van der Waals surface area contributed by atoms with Crippen molar-refractivity contribution in [2.24, 2.45) is 0 Å². The molecule has 5 nitrogen and oxygen atoms in total. The summed E-state index contributed by atoms with van der Waals surface area (Å²) in [6.07, 6.45) is 1.83. The highest BCUT2D eigenvalue weighted by Gasteiger charge is 2.17. The summed E-state index contributed by atoms with van der Waals surface area (Å²) in [5.74, 6) is 0.393. The summed E-state index contributed by atoms with van der Waals surface area (Å²) in [6, 6.07) is 14.6. The summed E-state index contributed by atoms with van der Waals surface area (Å²) in [7, 11) is 0. The molecule has 0 saturated carbocycles. The van der Waals surface area contributed by atoms with Crippen molar-refractivity contribution < 1.29 is 14.3 Å². The van der Waals surface area contributed by atoms with E-state index in [0.717, 1.165) is 11.3 Å². The monoisotopic (exact) mass is 308 g/mol. The lowest BCUT2D eigenvalue weighted by Crippen LogP contribution is -2.21. The Labute approximate surface area is 134 Å². The lowest BCUT2D eigenvalue weighted by atomic mass is 10.1. The van der Waals surface area contributed by atoms with Crippen LogP contribution in [0.15, 0.2) is 54.1 Å². The van der Waals surface area contributed by atoms with Gasteiger partial charge in [0.25, 0.3) is 5.91 Å². The number of para-hydroxylation sites is 1. The number of amides is 2. The molecule has 2 aromatic rings. The standard InChI is InChI=1S/C18H16N2O3/c1-12(21)19-15-6-4-7-16(10-15)20-18(22)14-9-13-5-2-3-8-17(13)23-11-14/h2-10H,11H2,1H3,(H,19,21)(H,20,22). The number of carbonyl (C=O) groups excluding carboxylic acids is 2. The van der Waals surface area contributed by atoms with E-state index in [-0.39, 0.29) is 18.4 Å². The van der Waals surface area contributed by atoms with Gasteiger partial charge in [-0.25, -0.2) is 0 Å². The molecule has 116 valence electrons. The van der Waals surface area contributed by atoms with E-state index in [1.54, 1.807) is 24.3 Å². The maximum Gasteiger partial charge on any atom is 0.255 e. The molecule has 1 aliphatic heterocycles. The largest absolute Gasteiger partial charge is 0.488 e. The van der Waals surface area contributed by atoms with E-state index in [0.29, 0.717) is 16.9 Å². The van der Waals surface area contributed by atoms with E-state index in [9.17, 15) is 9.59 Å². The topological polar surface area (TPSA) is 67.4 Å². The molecule has 0 radical (unpaired) electrons. The molecule has 0 saturated heterocycles. The first-order valence-electron chi connectivity index (χ1n) is 7.23. The van der Waals surface area contributed by atoms with Gasteiger partial charge in [-0.05, 0) is 30.3 Å². The predicted molar refractivity (Wildman–Crippen MR) is 89.3 cm³/mol. The Morgan fingerprint density at radius 1 is 1.00 bits per heavy atom. The minimum Gasteiger partial charge on any atom is -0.488 e. The lowest BCUT2D eigenvalue weighted by Gasteiger charge is -2.17. The minimum atomic E-state index is -0.223. The van der Waals surface area contributed by atoms with Gasteiger partial charge in [0.1, 0.15) is 12.4 Å². The third-order valence-corrected chi connectivity index (χ3v) is 3.36. The summed E-state index contributed by atoms with van der Waals surface area (Å²) in [5.41, 5.74) is 2.68. The molecule has 0 aromatic heterocycles. The number of rotatable bonds is 3. The van der Waals surface area contributed by atoms with Crippen LogP contribution >= 0.6 is 0 Å². The molecule has 0 spiro atoms. The second-order valence-electron chi connectivity index (χ2n) is 5.21. The van der Waals surface area contributed by atoms with Crippen molar-refractivity contribution >= 4 is 29.3 Å². The van der Waals surface area contributed by atoms with Gasteiger partial charge in [0.2, 0.25) is 5.91 Å². The predicted octanol–water partition coefficient (Wildman–Crippen LogP) is 3.06. The van der Waals surface area contributed by atoms with Crippen LogP contribution in [-0.2, 0) is 9.59 Å². The molecule has 0 bridgehead atoms. The highest BCUT2D eigenvalue weighted by Crippen LogP contribution is 2.26. The molecule has 1 heterocycles. The third kappa shape index (κ3) is 3.58. The number of anilines is 2. The van der Waals surface area contributed by atoms with E-state index in [4.69, 9.17) is 4.74 Å². The Bertz CT molecular complexity index is 796. The van der Waals surface area contributed by atoms with Crippen molar-refractivity contribution in [2.45, 2.75) is 6.92 Å². The van der Waals surface area contributed by atoms with Crippen LogP contribution in [0.25, 0.3) is 6.08 Å². The summed E-state index contributed by atoms with van der Waals surface area (Å²) in [5, 5.41) is 5.50. The summed E-state index contributed by atoms with van der Waals surface area (Å²) >= 11 is 0. The molecule has 0 unspecified atom stereocenters. The van der Waals surface area contributed by atoms with Crippen LogP contribution in [0.4, 0.5) is 11.4 Å². The Morgan fingerprint density at radius 2 is 1.74 bits per heavy atom. The Kier molecular flexibility index (Phi) is 4.10. The molecular weight excluding hydrogens is 292 g/mol. The van der Waals surface area contributed by atoms with Crippen LogP contribution in [0.2, 0.25) is 0 Å². The Morgan fingerprint density at radius 3 is 2.52 bits per heavy atom. The van der Waals surface area contributed by atoms with Crippen LogP contribution in [0, 0.1) is 0 Å². The molecule has 2 amide bonds. The molecule has 2 aromatic carbocycles. The van der Waals surface area contributed by atoms with Gasteiger partial charge in [-0.1, -0.05) is 24.3 Å². The number of carbonyl (C=O) groups is 2. The van der Waals surface area contributed by atoms with Crippen LogP contribution in [-0.4, -0.2) is 18.4 Å². The molecule has 5 heteroatoms.